The first kappa shape index (κ1) is 12.5. The Morgan fingerprint density at radius 1 is 1.56 bits per heavy atom. The van der Waals surface area contributed by atoms with Gasteiger partial charge in [0.05, 0.1) is 12.7 Å². The molecule has 1 atom stereocenters. The van der Waals surface area contributed by atoms with Gasteiger partial charge in [0.15, 0.2) is 11.6 Å². The van der Waals surface area contributed by atoms with E-state index >= 15 is 0 Å². The minimum atomic E-state index is -0.930. The van der Waals surface area contributed by atoms with Crippen LogP contribution < -0.4 is 10.5 Å². The molecule has 0 fully saturated rings. The predicted octanol–water partition coefficient (Wildman–Crippen LogP) is 2.14. The van der Waals surface area contributed by atoms with Crippen LogP contribution in [0.5, 0.6) is 5.75 Å². The Bertz CT molecular complexity index is 410. The van der Waals surface area contributed by atoms with Crippen molar-refractivity contribution in [3.8, 4) is 11.8 Å². The van der Waals surface area contributed by atoms with Crippen molar-refractivity contribution in [3.05, 3.63) is 29.6 Å². The zero-order chi connectivity index (χ0) is 12.2. The van der Waals surface area contributed by atoms with Crippen molar-refractivity contribution in [1.29, 1.82) is 5.26 Å². The van der Waals surface area contributed by atoms with Crippen molar-refractivity contribution in [2.24, 2.45) is 5.73 Å². The molecule has 1 unspecified atom stereocenters. The van der Waals surface area contributed by atoms with Gasteiger partial charge in [-0.05, 0) is 25.5 Å². The van der Waals surface area contributed by atoms with Crippen molar-refractivity contribution >= 4 is 0 Å². The maximum Gasteiger partial charge on any atom is 0.167 e. The number of hydrogen-bond donors (Lipinski definition) is 1. The first-order valence-corrected chi connectivity index (χ1v) is 5.04. The number of nitriles is 1. The molecule has 2 N–H and O–H groups in total. The van der Waals surface area contributed by atoms with Crippen LogP contribution in [0.1, 0.15) is 18.9 Å². The van der Waals surface area contributed by atoms with E-state index in [1.807, 2.05) is 6.07 Å². The molecule has 86 valence electrons. The highest BCUT2D eigenvalue weighted by Crippen LogP contribution is 2.20. The van der Waals surface area contributed by atoms with Crippen molar-refractivity contribution in [3.63, 3.8) is 0 Å². The number of nitrogens with zero attached hydrogens (tertiary/aromatic N) is 1. The molecule has 0 saturated carbocycles. The standard InChI is InChI=1S/C12H15FN2O/c1-9-4-3-5-10(11(9)13)16-7-6-12(2,15)8-14/h3-5H,6-7,15H2,1-2H3. The molecular weight excluding hydrogens is 207 g/mol. The normalized spacial score (nSPS) is 13.9. The predicted molar refractivity (Wildman–Crippen MR) is 59.5 cm³/mol. The fourth-order valence-corrected chi connectivity index (χ4v) is 1.16. The zero-order valence-corrected chi connectivity index (χ0v) is 9.46. The third-order valence-electron chi connectivity index (χ3n) is 2.29. The third kappa shape index (κ3) is 3.21. The van der Waals surface area contributed by atoms with Gasteiger partial charge in [0.1, 0.15) is 5.54 Å². The Morgan fingerprint density at radius 3 is 2.88 bits per heavy atom. The Labute approximate surface area is 94.6 Å². The summed E-state index contributed by atoms with van der Waals surface area (Å²) in [5.74, 6) is -0.160. The van der Waals surface area contributed by atoms with Gasteiger partial charge in [-0.15, -0.1) is 0 Å². The third-order valence-corrected chi connectivity index (χ3v) is 2.29. The summed E-state index contributed by atoms with van der Waals surface area (Å²) >= 11 is 0. The number of ether oxygens (including phenoxy) is 1. The van der Waals surface area contributed by atoms with Crippen LogP contribution in [0.4, 0.5) is 4.39 Å². The highest BCUT2D eigenvalue weighted by molar-refractivity contribution is 5.30. The summed E-state index contributed by atoms with van der Waals surface area (Å²) in [4.78, 5) is 0. The molecule has 3 nitrogen and oxygen atoms in total. The fourth-order valence-electron chi connectivity index (χ4n) is 1.16. The Morgan fingerprint density at radius 2 is 2.25 bits per heavy atom. The van der Waals surface area contributed by atoms with Crippen LogP contribution in [-0.4, -0.2) is 12.1 Å². The van der Waals surface area contributed by atoms with Crippen molar-refractivity contribution < 1.29 is 9.13 Å². The molecule has 0 aliphatic carbocycles. The summed E-state index contributed by atoms with van der Waals surface area (Å²) in [6.45, 7) is 3.51. The second-order valence-electron chi connectivity index (χ2n) is 4.01. The van der Waals surface area contributed by atoms with E-state index in [0.29, 0.717) is 12.0 Å². The Hall–Kier alpha value is -1.60. The van der Waals surface area contributed by atoms with Crippen LogP contribution in [0.3, 0.4) is 0 Å². The second kappa shape index (κ2) is 4.95. The maximum absolute atomic E-state index is 13.5. The number of halogens is 1. The SMILES string of the molecule is Cc1cccc(OCCC(C)(N)C#N)c1F. The summed E-state index contributed by atoms with van der Waals surface area (Å²) in [6, 6.07) is 6.91. The molecule has 0 amide bonds. The molecule has 0 saturated heterocycles. The summed E-state index contributed by atoms with van der Waals surface area (Å²) in [5, 5.41) is 8.69. The van der Waals surface area contributed by atoms with Gasteiger partial charge in [-0.2, -0.15) is 5.26 Å². The van der Waals surface area contributed by atoms with Gasteiger partial charge in [0.2, 0.25) is 0 Å². The van der Waals surface area contributed by atoms with Gasteiger partial charge in [0.25, 0.3) is 0 Å². The summed E-state index contributed by atoms with van der Waals surface area (Å²) in [7, 11) is 0. The lowest BCUT2D eigenvalue weighted by Gasteiger charge is -2.15. The molecule has 0 aliphatic heterocycles. The molecule has 1 aromatic carbocycles. The molecule has 0 bridgehead atoms. The maximum atomic E-state index is 13.5. The van der Waals surface area contributed by atoms with Crippen molar-refractivity contribution in [2.75, 3.05) is 6.61 Å². The monoisotopic (exact) mass is 222 g/mol. The minimum absolute atomic E-state index is 0.203. The average Bonchev–Trinajstić information content (AvgIpc) is 2.24. The summed E-state index contributed by atoms with van der Waals surface area (Å²) in [5.41, 5.74) is 5.22. The van der Waals surface area contributed by atoms with Gasteiger partial charge in [-0.3, -0.25) is 0 Å². The molecular formula is C12H15FN2O. The van der Waals surface area contributed by atoms with E-state index in [2.05, 4.69) is 0 Å². The molecule has 0 radical (unpaired) electrons. The fraction of sp³-hybridized carbons (Fsp3) is 0.417. The highest BCUT2D eigenvalue weighted by atomic mass is 19.1. The quantitative estimate of drug-likeness (QED) is 0.849. The molecule has 1 aromatic rings. The number of nitrogens with two attached hydrogens (primary N) is 1. The lowest BCUT2D eigenvalue weighted by atomic mass is 10.0. The van der Waals surface area contributed by atoms with Gasteiger partial charge >= 0.3 is 0 Å². The first-order chi connectivity index (χ1) is 7.46. The smallest absolute Gasteiger partial charge is 0.167 e. The van der Waals surface area contributed by atoms with E-state index in [-0.39, 0.29) is 18.2 Å². The summed E-state index contributed by atoms with van der Waals surface area (Å²) in [6.07, 6.45) is 0.358. The zero-order valence-electron chi connectivity index (χ0n) is 9.46. The number of rotatable bonds is 4. The first-order valence-electron chi connectivity index (χ1n) is 5.04. The molecule has 0 spiro atoms. The van der Waals surface area contributed by atoms with E-state index in [9.17, 15) is 4.39 Å². The van der Waals surface area contributed by atoms with E-state index in [4.69, 9.17) is 15.7 Å². The molecule has 16 heavy (non-hydrogen) atoms. The lowest BCUT2D eigenvalue weighted by Crippen LogP contribution is -2.35. The minimum Gasteiger partial charge on any atom is -0.490 e. The van der Waals surface area contributed by atoms with Crippen LogP contribution in [0.25, 0.3) is 0 Å². The van der Waals surface area contributed by atoms with Crippen LogP contribution in [-0.2, 0) is 0 Å². The van der Waals surface area contributed by atoms with Gasteiger partial charge in [-0.25, -0.2) is 4.39 Å². The summed E-state index contributed by atoms with van der Waals surface area (Å²) < 4.78 is 18.7. The Balaban J connectivity index is 2.57. The van der Waals surface area contributed by atoms with Crippen LogP contribution in [0.15, 0.2) is 18.2 Å². The largest absolute Gasteiger partial charge is 0.490 e. The number of hydrogen-bond acceptors (Lipinski definition) is 3. The molecule has 0 aliphatic rings. The van der Waals surface area contributed by atoms with Gasteiger partial charge in [-0.1, -0.05) is 12.1 Å². The van der Waals surface area contributed by atoms with E-state index in [1.54, 1.807) is 32.0 Å². The topological polar surface area (TPSA) is 59.0 Å². The van der Waals surface area contributed by atoms with Crippen molar-refractivity contribution in [2.45, 2.75) is 25.8 Å². The van der Waals surface area contributed by atoms with Crippen LogP contribution >= 0.6 is 0 Å². The number of benzene rings is 1. The molecule has 4 heteroatoms. The second-order valence-corrected chi connectivity index (χ2v) is 4.01. The molecule has 0 aromatic heterocycles. The van der Waals surface area contributed by atoms with Crippen molar-refractivity contribution in [1.82, 2.24) is 0 Å². The molecule has 1 rings (SSSR count). The highest BCUT2D eigenvalue weighted by Gasteiger charge is 2.17. The van der Waals surface area contributed by atoms with Crippen LogP contribution in [0.2, 0.25) is 0 Å². The molecule has 0 heterocycles. The van der Waals surface area contributed by atoms with Gasteiger partial charge in [0, 0.05) is 6.42 Å². The average molecular weight is 222 g/mol. The lowest BCUT2D eigenvalue weighted by molar-refractivity contribution is 0.273. The van der Waals surface area contributed by atoms with Crippen LogP contribution in [0, 0.1) is 24.1 Å². The van der Waals surface area contributed by atoms with E-state index < -0.39 is 5.54 Å². The van der Waals surface area contributed by atoms with Gasteiger partial charge < -0.3 is 10.5 Å². The van der Waals surface area contributed by atoms with E-state index in [0.717, 1.165) is 0 Å². The van der Waals surface area contributed by atoms with E-state index in [1.165, 1.54) is 0 Å². The number of aryl methyl sites for hydroxylation is 1. The Kier molecular flexibility index (Phi) is 3.86.